The Morgan fingerprint density at radius 2 is 1.60 bits per heavy atom. The lowest BCUT2D eigenvalue weighted by atomic mass is 10.2. The third-order valence-corrected chi connectivity index (χ3v) is 1.90. The van der Waals surface area contributed by atoms with E-state index >= 15 is 0 Å². The summed E-state index contributed by atoms with van der Waals surface area (Å²) in [6.07, 6.45) is -2.25. The molecule has 2 atom stereocenters. The molecule has 7 nitrogen and oxygen atoms in total. The monoisotopic (exact) mass is 237 g/mol. The van der Waals surface area contributed by atoms with E-state index in [1.165, 1.54) is 14.2 Å². The summed E-state index contributed by atoms with van der Waals surface area (Å²) in [7, 11) is 2.46. The third kappa shape index (κ3) is 2.09. The zero-order chi connectivity index (χ0) is 11.6. The standard InChI is InChI=1S/C7H8ClNO6/c1-13-3-4(14-2)6(11)9(5(3)10)15-7(8)12/h3-4H,1-2H3. The van der Waals surface area contributed by atoms with Crippen molar-refractivity contribution in [2.75, 3.05) is 14.2 Å². The van der Waals surface area contributed by atoms with Crippen molar-refractivity contribution in [2.24, 2.45) is 0 Å². The van der Waals surface area contributed by atoms with Gasteiger partial charge in [0.15, 0.2) is 12.2 Å². The summed E-state index contributed by atoms with van der Waals surface area (Å²) in [6.45, 7) is 0. The van der Waals surface area contributed by atoms with Gasteiger partial charge in [-0.1, -0.05) is 5.06 Å². The number of imide groups is 1. The summed E-state index contributed by atoms with van der Waals surface area (Å²) >= 11 is 4.88. The lowest BCUT2D eigenvalue weighted by Crippen LogP contribution is -2.33. The molecule has 0 N–H and O–H groups in total. The first-order valence-electron chi connectivity index (χ1n) is 3.83. The van der Waals surface area contributed by atoms with Gasteiger partial charge in [-0.05, 0) is 0 Å². The number of hydroxylamine groups is 2. The number of nitrogens with zero attached hydrogens (tertiary/aromatic N) is 1. The Morgan fingerprint density at radius 3 is 1.87 bits per heavy atom. The zero-order valence-electron chi connectivity index (χ0n) is 7.93. The van der Waals surface area contributed by atoms with Crippen molar-refractivity contribution in [3.8, 4) is 0 Å². The van der Waals surface area contributed by atoms with Crippen LogP contribution in [-0.2, 0) is 23.9 Å². The highest BCUT2D eigenvalue weighted by molar-refractivity contribution is 6.61. The Hall–Kier alpha value is -1.18. The summed E-state index contributed by atoms with van der Waals surface area (Å²) < 4.78 is 9.48. The summed E-state index contributed by atoms with van der Waals surface area (Å²) in [5, 5.41) is 0.234. The molecule has 84 valence electrons. The third-order valence-electron chi connectivity index (χ3n) is 1.83. The van der Waals surface area contributed by atoms with Gasteiger partial charge in [0.25, 0.3) is 11.8 Å². The van der Waals surface area contributed by atoms with Gasteiger partial charge < -0.3 is 14.3 Å². The highest BCUT2D eigenvalue weighted by Gasteiger charge is 2.51. The number of hydrogen-bond donors (Lipinski definition) is 0. The second-order valence-electron chi connectivity index (χ2n) is 2.61. The fourth-order valence-corrected chi connectivity index (χ4v) is 1.28. The van der Waals surface area contributed by atoms with Crippen molar-refractivity contribution >= 4 is 28.8 Å². The van der Waals surface area contributed by atoms with E-state index in [-0.39, 0.29) is 5.06 Å². The van der Waals surface area contributed by atoms with Gasteiger partial charge in [0.1, 0.15) is 0 Å². The number of ether oxygens (including phenoxy) is 2. The maximum Gasteiger partial charge on any atom is 0.428 e. The van der Waals surface area contributed by atoms with Gasteiger partial charge in [-0.2, -0.15) is 0 Å². The van der Waals surface area contributed by atoms with E-state index in [0.29, 0.717) is 0 Å². The number of carbonyl (C=O) groups excluding carboxylic acids is 3. The SMILES string of the molecule is COC1C(=O)N(OC(=O)Cl)C(=O)C1OC. The molecule has 0 aromatic rings. The predicted molar refractivity (Wildman–Crippen MR) is 45.8 cm³/mol. The van der Waals surface area contributed by atoms with Crippen LogP contribution in [0.25, 0.3) is 0 Å². The second-order valence-corrected chi connectivity index (χ2v) is 2.92. The Morgan fingerprint density at radius 1 is 1.20 bits per heavy atom. The zero-order valence-corrected chi connectivity index (χ0v) is 8.69. The molecule has 1 saturated heterocycles. The topological polar surface area (TPSA) is 82.1 Å². The van der Waals surface area contributed by atoms with E-state index < -0.39 is 29.5 Å². The van der Waals surface area contributed by atoms with E-state index in [1.807, 2.05) is 0 Å². The van der Waals surface area contributed by atoms with Crippen LogP contribution in [0.1, 0.15) is 0 Å². The average Bonchev–Trinajstić information content (AvgIpc) is 2.40. The van der Waals surface area contributed by atoms with Gasteiger partial charge in [0.05, 0.1) is 0 Å². The second kappa shape index (κ2) is 4.56. The Kier molecular flexibility index (Phi) is 3.61. The van der Waals surface area contributed by atoms with Crippen molar-refractivity contribution < 1.29 is 28.7 Å². The molecular weight excluding hydrogens is 230 g/mol. The quantitative estimate of drug-likeness (QED) is 0.494. The minimum atomic E-state index is -1.29. The van der Waals surface area contributed by atoms with Crippen LogP contribution in [0.3, 0.4) is 0 Å². The van der Waals surface area contributed by atoms with E-state index in [9.17, 15) is 14.4 Å². The van der Waals surface area contributed by atoms with Crippen molar-refractivity contribution in [2.45, 2.75) is 12.2 Å². The first-order chi connectivity index (χ1) is 7.02. The minimum Gasteiger partial charge on any atom is -0.368 e. The fraction of sp³-hybridized carbons (Fsp3) is 0.571. The highest BCUT2D eigenvalue weighted by atomic mass is 35.5. The molecule has 1 aliphatic rings. The maximum atomic E-state index is 11.4. The molecule has 0 bridgehead atoms. The van der Waals surface area contributed by atoms with E-state index in [4.69, 9.17) is 21.1 Å². The summed E-state index contributed by atoms with van der Waals surface area (Å²) in [5.74, 6) is -1.66. The van der Waals surface area contributed by atoms with E-state index in [1.54, 1.807) is 0 Å². The van der Waals surface area contributed by atoms with E-state index in [0.717, 1.165) is 0 Å². The molecule has 1 fully saturated rings. The number of halogens is 1. The molecular formula is C7H8ClNO6. The molecule has 0 aromatic heterocycles. The van der Waals surface area contributed by atoms with Gasteiger partial charge in [-0.25, -0.2) is 4.79 Å². The number of amides is 2. The minimum absolute atomic E-state index is 0.234. The van der Waals surface area contributed by atoms with Crippen LogP contribution < -0.4 is 0 Å². The fourth-order valence-electron chi connectivity index (χ4n) is 1.21. The Labute approximate surface area is 89.8 Å². The normalized spacial score (nSPS) is 25.9. The molecule has 1 rings (SSSR count). The molecule has 2 unspecified atom stereocenters. The molecule has 0 aliphatic carbocycles. The number of methoxy groups -OCH3 is 2. The van der Waals surface area contributed by atoms with Crippen LogP contribution in [0.2, 0.25) is 0 Å². The number of rotatable bonds is 3. The predicted octanol–water partition coefficient (Wildman–Crippen LogP) is -0.324. The molecule has 0 aromatic carbocycles. The van der Waals surface area contributed by atoms with Crippen LogP contribution in [0.15, 0.2) is 0 Å². The number of carbonyl (C=O) groups is 3. The molecule has 0 saturated carbocycles. The first kappa shape index (κ1) is 11.9. The Balaban J connectivity index is 2.88. The van der Waals surface area contributed by atoms with Gasteiger partial charge in [0.2, 0.25) is 0 Å². The van der Waals surface area contributed by atoms with Crippen molar-refractivity contribution in [1.29, 1.82) is 0 Å². The molecule has 15 heavy (non-hydrogen) atoms. The molecule has 0 radical (unpaired) electrons. The summed E-state index contributed by atoms with van der Waals surface area (Å²) in [6, 6.07) is 0. The average molecular weight is 238 g/mol. The van der Waals surface area contributed by atoms with Crippen molar-refractivity contribution in [3.05, 3.63) is 0 Å². The summed E-state index contributed by atoms with van der Waals surface area (Å²) in [5.41, 5.74) is -1.29. The van der Waals surface area contributed by atoms with Gasteiger partial charge in [-0.15, -0.1) is 0 Å². The van der Waals surface area contributed by atoms with Crippen LogP contribution in [0.4, 0.5) is 4.79 Å². The number of hydrogen-bond acceptors (Lipinski definition) is 6. The Bertz CT molecular complexity index is 284. The smallest absolute Gasteiger partial charge is 0.368 e. The van der Waals surface area contributed by atoms with Gasteiger partial charge in [0, 0.05) is 25.8 Å². The molecule has 8 heteroatoms. The first-order valence-corrected chi connectivity index (χ1v) is 4.21. The summed E-state index contributed by atoms with van der Waals surface area (Å²) in [4.78, 5) is 37.4. The lowest BCUT2D eigenvalue weighted by molar-refractivity contribution is -0.173. The molecule has 2 amide bonds. The van der Waals surface area contributed by atoms with Crippen molar-refractivity contribution in [1.82, 2.24) is 5.06 Å². The van der Waals surface area contributed by atoms with Gasteiger partial charge >= 0.3 is 5.43 Å². The van der Waals surface area contributed by atoms with Crippen molar-refractivity contribution in [3.63, 3.8) is 0 Å². The van der Waals surface area contributed by atoms with Crippen LogP contribution in [0.5, 0.6) is 0 Å². The van der Waals surface area contributed by atoms with Crippen LogP contribution in [-0.4, -0.2) is 48.7 Å². The molecule has 0 spiro atoms. The molecule has 1 aliphatic heterocycles. The largest absolute Gasteiger partial charge is 0.428 e. The molecule has 1 heterocycles. The lowest BCUT2D eigenvalue weighted by Gasteiger charge is -2.09. The maximum absolute atomic E-state index is 11.4. The van der Waals surface area contributed by atoms with E-state index in [2.05, 4.69) is 4.84 Å². The van der Waals surface area contributed by atoms with Crippen LogP contribution in [0, 0.1) is 0 Å². The van der Waals surface area contributed by atoms with Crippen LogP contribution >= 0.6 is 11.6 Å². The van der Waals surface area contributed by atoms with Gasteiger partial charge in [-0.3, -0.25) is 9.59 Å². The highest BCUT2D eigenvalue weighted by Crippen LogP contribution is 2.19.